The smallest absolute Gasteiger partial charge is 0.347 e. The van der Waals surface area contributed by atoms with Gasteiger partial charge < -0.3 is 14.6 Å². The second-order valence-corrected chi connectivity index (χ2v) is 6.35. The number of hydrogen-bond donors (Lipinski definition) is 1. The molecular formula is C20H20N4O4. The lowest BCUT2D eigenvalue weighted by molar-refractivity contribution is -0.116. The summed E-state index contributed by atoms with van der Waals surface area (Å²) in [7, 11) is 1.68. The van der Waals surface area contributed by atoms with E-state index in [2.05, 4.69) is 10.3 Å². The average molecular weight is 380 g/mol. The zero-order valence-electron chi connectivity index (χ0n) is 15.6. The van der Waals surface area contributed by atoms with Crippen LogP contribution in [0.3, 0.4) is 0 Å². The molecule has 0 saturated heterocycles. The molecule has 0 aliphatic heterocycles. The van der Waals surface area contributed by atoms with E-state index in [4.69, 9.17) is 4.42 Å². The summed E-state index contributed by atoms with van der Waals surface area (Å²) >= 11 is 0. The Balaban J connectivity index is 1.72. The summed E-state index contributed by atoms with van der Waals surface area (Å²) in [5.41, 5.74) is 1.25. The Morgan fingerprint density at radius 1 is 1.25 bits per heavy atom. The zero-order chi connectivity index (χ0) is 20.1. The first-order valence-electron chi connectivity index (χ1n) is 8.64. The van der Waals surface area contributed by atoms with E-state index in [1.54, 1.807) is 49.7 Å². The van der Waals surface area contributed by atoms with Gasteiger partial charge in [0.15, 0.2) is 0 Å². The van der Waals surface area contributed by atoms with Crippen LogP contribution in [0.15, 0.2) is 64.3 Å². The summed E-state index contributed by atoms with van der Waals surface area (Å²) in [5, 5.41) is 2.75. The molecule has 3 aromatic rings. The number of amides is 2. The minimum Gasteiger partial charge on any atom is -0.467 e. The average Bonchev–Trinajstić information content (AvgIpc) is 3.18. The number of benzene rings is 1. The van der Waals surface area contributed by atoms with E-state index < -0.39 is 5.69 Å². The third-order valence-electron chi connectivity index (χ3n) is 4.18. The molecule has 1 N–H and O–H groups in total. The Morgan fingerprint density at radius 2 is 2.07 bits per heavy atom. The molecule has 28 heavy (non-hydrogen) atoms. The molecule has 8 heteroatoms. The van der Waals surface area contributed by atoms with E-state index in [1.165, 1.54) is 21.9 Å². The van der Waals surface area contributed by atoms with Gasteiger partial charge in [0, 0.05) is 30.7 Å². The molecule has 0 saturated carbocycles. The molecule has 0 radical (unpaired) electrons. The highest BCUT2D eigenvalue weighted by molar-refractivity contribution is 5.97. The van der Waals surface area contributed by atoms with E-state index in [0.717, 1.165) is 5.56 Å². The van der Waals surface area contributed by atoms with Crippen LogP contribution in [0.1, 0.15) is 21.7 Å². The van der Waals surface area contributed by atoms with Crippen LogP contribution in [0, 0.1) is 6.92 Å². The van der Waals surface area contributed by atoms with Gasteiger partial charge in [0.1, 0.15) is 12.3 Å². The lowest BCUT2D eigenvalue weighted by Crippen LogP contribution is -2.29. The van der Waals surface area contributed by atoms with Gasteiger partial charge in [-0.2, -0.15) is 0 Å². The molecule has 0 aliphatic rings. The Labute approximate surface area is 161 Å². The van der Waals surface area contributed by atoms with Crippen molar-refractivity contribution in [1.29, 1.82) is 0 Å². The highest BCUT2D eigenvalue weighted by Gasteiger charge is 2.15. The molecule has 0 spiro atoms. The van der Waals surface area contributed by atoms with Crippen LogP contribution in [0.4, 0.5) is 5.69 Å². The highest BCUT2D eigenvalue weighted by atomic mass is 16.3. The van der Waals surface area contributed by atoms with Crippen molar-refractivity contribution in [1.82, 2.24) is 14.5 Å². The van der Waals surface area contributed by atoms with Gasteiger partial charge in [-0.3, -0.25) is 14.2 Å². The highest BCUT2D eigenvalue weighted by Crippen LogP contribution is 2.19. The second-order valence-electron chi connectivity index (χ2n) is 6.35. The standard InChI is InChI=1S/C20H20N4O4/c1-14-6-7-15(19(26)23(2)12-16-5-3-10-28-16)11-17(14)22-18(25)13-24-9-4-8-21-20(24)27/h3-11H,12-13H2,1-2H3,(H,22,25). The largest absolute Gasteiger partial charge is 0.467 e. The van der Waals surface area contributed by atoms with Crippen molar-refractivity contribution in [2.75, 3.05) is 12.4 Å². The number of rotatable bonds is 6. The molecule has 3 rings (SSSR count). The third-order valence-corrected chi connectivity index (χ3v) is 4.18. The maximum absolute atomic E-state index is 12.7. The van der Waals surface area contributed by atoms with Crippen molar-refractivity contribution in [3.63, 3.8) is 0 Å². The number of anilines is 1. The number of furan rings is 1. The molecule has 2 heterocycles. The second kappa shape index (κ2) is 8.34. The fraction of sp³-hybridized carbons (Fsp3) is 0.200. The van der Waals surface area contributed by atoms with Crippen molar-refractivity contribution in [2.24, 2.45) is 0 Å². The first-order valence-corrected chi connectivity index (χ1v) is 8.64. The number of hydrogen-bond acceptors (Lipinski definition) is 5. The maximum atomic E-state index is 12.7. The van der Waals surface area contributed by atoms with Gasteiger partial charge in [0.25, 0.3) is 5.91 Å². The van der Waals surface area contributed by atoms with Crippen LogP contribution < -0.4 is 11.0 Å². The summed E-state index contributed by atoms with van der Waals surface area (Å²) < 4.78 is 6.47. The Kier molecular flexibility index (Phi) is 5.69. The summed E-state index contributed by atoms with van der Waals surface area (Å²) in [5.74, 6) is 0.0977. The summed E-state index contributed by atoms with van der Waals surface area (Å²) in [6.07, 6.45) is 4.42. The maximum Gasteiger partial charge on any atom is 0.347 e. The third kappa shape index (κ3) is 4.53. The quantitative estimate of drug-likeness (QED) is 0.706. The first-order chi connectivity index (χ1) is 13.4. The molecule has 0 atom stereocenters. The van der Waals surface area contributed by atoms with Crippen LogP contribution in [-0.4, -0.2) is 33.3 Å². The van der Waals surface area contributed by atoms with E-state index in [-0.39, 0.29) is 18.4 Å². The van der Waals surface area contributed by atoms with Crippen molar-refractivity contribution in [3.8, 4) is 0 Å². The summed E-state index contributed by atoms with van der Waals surface area (Å²) in [6, 6.07) is 10.2. The predicted octanol–water partition coefficient (Wildman–Crippen LogP) is 2.06. The van der Waals surface area contributed by atoms with Crippen molar-refractivity contribution >= 4 is 17.5 Å². The fourth-order valence-electron chi connectivity index (χ4n) is 2.67. The Hall–Kier alpha value is -3.68. The van der Waals surface area contributed by atoms with Gasteiger partial charge in [0.05, 0.1) is 12.8 Å². The van der Waals surface area contributed by atoms with Gasteiger partial charge in [-0.25, -0.2) is 9.78 Å². The number of carbonyl (C=O) groups is 2. The van der Waals surface area contributed by atoms with Crippen molar-refractivity contribution in [3.05, 3.63) is 82.4 Å². The SMILES string of the molecule is Cc1ccc(C(=O)N(C)Cc2ccco2)cc1NC(=O)Cn1cccnc1=O. The first kappa shape index (κ1) is 19.1. The number of aryl methyl sites for hydroxylation is 1. The molecule has 2 amide bonds. The normalized spacial score (nSPS) is 10.5. The van der Waals surface area contributed by atoms with E-state index in [9.17, 15) is 14.4 Å². The molecule has 0 fully saturated rings. The number of aromatic nitrogens is 2. The molecule has 2 aromatic heterocycles. The number of nitrogens with zero attached hydrogens (tertiary/aromatic N) is 3. The predicted molar refractivity (Wildman–Crippen MR) is 103 cm³/mol. The minimum absolute atomic E-state index is 0.164. The molecular weight excluding hydrogens is 360 g/mol. The van der Waals surface area contributed by atoms with Crippen LogP contribution in [0.5, 0.6) is 0 Å². The van der Waals surface area contributed by atoms with Crippen molar-refractivity contribution < 1.29 is 14.0 Å². The fourth-order valence-corrected chi connectivity index (χ4v) is 2.67. The topological polar surface area (TPSA) is 97.4 Å². The van der Waals surface area contributed by atoms with Gasteiger partial charge in [-0.05, 0) is 42.8 Å². The van der Waals surface area contributed by atoms with E-state index >= 15 is 0 Å². The minimum atomic E-state index is -0.502. The van der Waals surface area contributed by atoms with E-state index in [0.29, 0.717) is 23.6 Å². The zero-order valence-corrected chi connectivity index (χ0v) is 15.6. The van der Waals surface area contributed by atoms with Crippen LogP contribution in [0.2, 0.25) is 0 Å². The van der Waals surface area contributed by atoms with E-state index in [1.807, 2.05) is 6.92 Å². The lowest BCUT2D eigenvalue weighted by atomic mass is 10.1. The van der Waals surface area contributed by atoms with Crippen LogP contribution >= 0.6 is 0 Å². The van der Waals surface area contributed by atoms with Gasteiger partial charge >= 0.3 is 5.69 Å². The van der Waals surface area contributed by atoms with Crippen LogP contribution in [0.25, 0.3) is 0 Å². The molecule has 0 bridgehead atoms. The number of carbonyl (C=O) groups excluding carboxylic acids is 2. The van der Waals surface area contributed by atoms with Gasteiger partial charge in [-0.15, -0.1) is 0 Å². The molecule has 8 nitrogen and oxygen atoms in total. The van der Waals surface area contributed by atoms with Gasteiger partial charge in [-0.1, -0.05) is 6.07 Å². The lowest BCUT2D eigenvalue weighted by Gasteiger charge is -2.17. The summed E-state index contributed by atoms with van der Waals surface area (Å²) in [6.45, 7) is 2.00. The summed E-state index contributed by atoms with van der Waals surface area (Å²) in [4.78, 5) is 41.8. The number of nitrogens with one attached hydrogen (secondary N) is 1. The monoisotopic (exact) mass is 380 g/mol. The molecule has 0 aliphatic carbocycles. The Bertz CT molecular complexity index is 1040. The molecule has 1 aromatic carbocycles. The van der Waals surface area contributed by atoms with Gasteiger partial charge in [0.2, 0.25) is 5.91 Å². The van der Waals surface area contributed by atoms with Crippen LogP contribution in [-0.2, 0) is 17.9 Å². The Morgan fingerprint density at radius 3 is 2.79 bits per heavy atom. The molecule has 144 valence electrons. The van der Waals surface area contributed by atoms with Crippen molar-refractivity contribution in [2.45, 2.75) is 20.0 Å². The molecule has 0 unspecified atom stereocenters.